The van der Waals surface area contributed by atoms with Crippen LogP contribution in [0.4, 0.5) is 30.2 Å². The van der Waals surface area contributed by atoms with Crippen LogP contribution in [0.2, 0.25) is 0 Å². The van der Waals surface area contributed by atoms with Gasteiger partial charge in [0.25, 0.3) is 5.91 Å². The third kappa shape index (κ3) is 5.51. The van der Waals surface area contributed by atoms with Gasteiger partial charge in [-0.1, -0.05) is 12.1 Å². The van der Waals surface area contributed by atoms with Crippen molar-refractivity contribution in [2.45, 2.75) is 25.6 Å². The highest BCUT2D eigenvalue weighted by Crippen LogP contribution is 2.35. The molecule has 1 fully saturated rings. The maximum Gasteiger partial charge on any atom is 0.391 e. The molecule has 0 unspecified atom stereocenters. The van der Waals surface area contributed by atoms with E-state index in [2.05, 4.69) is 10.3 Å². The lowest BCUT2D eigenvalue weighted by molar-refractivity contribution is -0.179. The van der Waals surface area contributed by atoms with E-state index in [0.29, 0.717) is 18.2 Å². The molecule has 0 bridgehead atoms. The van der Waals surface area contributed by atoms with Crippen molar-refractivity contribution < 1.29 is 23.2 Å². The number of hydrogen-bond acceptors (Lipinski definition) is 5. The summed E-state index contributed by atoms with van der Waals surface area (Å²) < 4.78 is 40.1. The fraction of sp³-hybridized carbons (Fsp3) is 0.333. The van der Waals surface area contributed by atoms with E-state index < -0.39 is 18.0 Å². The molecule has 2 N–H and O–H groups in total. The number of anilines is 3. The fourth-order valence-corrected chi connectivity index (χ4v) is 4.02. The Morgan fingerprint density at radius 1 is 1.09 bits per heavy atom. The second-order valence-electron chi connectivity index (χ2n) is 8.42. The summed E-state index contributed by atoms with van der Waals surface area (Å²) in [4.78, 5) is 18.2. The Morgan fingerprint density at radius 3 is 2.21 bits per heavy atom. The number of hydrogen-bond donors (Lipinski definition) is 2. The van der Waals surface area contributed by atoms with Gasteiger partial charge in [-0.2, -0.15) is 13.2 Å². The van der Waals surface area contributed by atoms with Crippen molar-refractivity contribution in [3.63, 3.8) is 0 Å². The average molecular weight is 473 g/mol. The zero-order valence-electron chi connectivity index (χ0n) is 18.7. The molecule has 34 heavy (non-hydrogen) atoms. The van der Waals surface area contributed by atoms with E-state index in [1.165, 1.54) is 17.1 Å². The first kappa shape index (κ1) is 23.6. The van der Waals surface area contributed by atoms with Gasteiger partial charge in [0, 0.05) is 37.2 Å². The highest BCUT2D eigenvalue weighted by Gasteiger charge is 2.41. The van der Waals surface area contributed by atoms with Gasteiger partial charge in [-0.3, -0.25) is 10.0 Å². The Bertz CT molecular complexity index is 1100. The first-order chi connectivity index (χ1) is 16.2. The molecule has 1 aromatic heterocycles. The predicted molar refractivity (Wildman–Crippen MR) is 122 cm³/mol. The molecule has 1 saturated heterocycles. The number of carbonyl (C=O) groups excluding carboxylic acids is 1. The van der Waals surface area contributed by atoms with Gasteiger partial charge in [-0.05, 0) is 54.8 Å². The Kier molecular flexibility index (Phi) is 6.78. The molecular weight excluding hydrogens is 447 g/mol. The van der Waals surface area contributed by atoms with Gasteiger partial charge in [-0.25, -0.2) is 10.0 Å². The standard InChI is InChI=1S/C24H26F3N5O2/c1-30-16-28-14-22(30)23(33)32(34)15-17-2-4-19(5-3-17)29-20-6-8-21(9-7-20)31-12-10-18(11-13-31)24(25,26)27/h2-9,14,16,18,29,34H,10-13,15H2,1H3. The van der Waals surface area contributed by atoms with E-state index in [4.69, 9.17) is 0 Å². The molecule has 1 amide bonds. The number of nitrogens with one attached hydrogen (secondary N) is 1. The van der Waals surface area contributed by atoms with E-state index in [1.807, 2.05) is 41.3 Å². The molecule has 0 spiro atoms. The van der Waals surface area contributed by atoms with Crippen LogP contribution in [-0.2, 0) is 13.6 Å². The Morgan fingerprint density at radius 2 is 1.68 bits per heavy atom. The Hall–Kier alpha value is -3.53. The van der Waals surface area contributed by atoms with Crippen LogP contribution in [0.15, 0.2) is 61.1 Å². The minimum Gasteiger partial charge on any atom is -0.372 e. The molecule has 3 aromatic rings. The molecule has 0 saturated carbocycles. The number of aromatic nitrogens is 2. The van der Waals surface area contributed by atoms with Crippen molar-refractivity contribution in [3.05, 3.63) is 72.3 Å². The molecule has 1 aliphatic rings. The van der Waals surface area contributed by atoms with Crippen LogP contribution < -0.4 is 10.2 Å². The van der Waals surface area contributed by atoms with Crippen LogP contribution in [0, 0.1) is 5.92 Å². The van der Waals surface area contributed by atoms with Crippen molar-refractivity contribution in [2.75, 3.05) is 23.3 Å². The Balaban J connectivity index is 1.30. The number of rotatable bonds is 6. The van der Waals surface area contributed by atoms with E-state index in [-0.39, 0.29) is 25.1 Å². The lowest BCUT2D eigenvalue weighted by atomic mass is 9.96. The largest absolute Gasteiger partial charge is 0.391 e. The first-order valence-corrected chi connectivity index (χ1v) is 11.0. The minimum absolute atomic E-state index is 0.0318. The van der Waals surface area contributed by atoms with Crippen molar-refractivity contribution in [1.29, 1.82) is 0 Å². The molecule has 2 aromatic carbocycles. The maximum absolute atomic E-state index is 12.9. The van der Waals surface area contributed by atoms with Crippen molar-refractivity contribution in [1.82, 2.24) is 14.6 Å². The second kappa shape index (κ2) is 9.76. The maximum atomic E-state index is 12.9. The highest BCUT2D eigenvalue weighted by atomic mass is 19.4. The number of halogens is 3. The fourth-order valence-electron chi connectivity index (χ4n) is 4.02. The summed E-state index contributed by atoms with van der Waals surface area (Å²) in [6, 6.07) is 14.9. The molecule has 0 aliphatic carbocycles. The van der Waals surface area contributed by atoms with E-state index in [0.717, 1.165) is 22.6 Å². The number of hydroxylamine groups is 2. The van der Waals surface area contributed by atoms with E-state index in [1.54, 1.807) is 19.2 Å². The van der Waals surface area contributed by atoms with E-state index in [9.17, 15) is 23.2 Å². The summed E-state index contributed by atoms with van der Waals surface area (Å²) >= 11 is 0. The molecule has 2 heterocycles. The monoisotopic (exact) mass is 473 g/mol. The summed E-state index contributed by atoms with van der Waals surface area (Å²) in [7, 11) is 1.68. The van der Waals surface area contributed by atoms with Crippen LogP contribution in [0.5, 0.6) is 0 Å². The van der Waals surface area contributed by atoms with Gasteiger partial charge in [-0.15, -0.1) is 0 Å². The van der Waals surface area contributed by atoms with Gasteiger partial charge in [0.05, 0.1) is 25.0 Å². The third-order valence-corrected chi connectivity index (χ3v) is 6.04. The van der Waals surface area contributed by atoms with Crippen LogP contribution in [0.3, 0.4) is 0 Å². The van der Waals surface area contributed by atoms with Gasteiger partial charge in [0.1, 0.15) is 5.69 Å². The summed E-state index contributed by atoms with van der Waals surface area (Å²) in [5, 5.41) is 14.0. The van der Waals surface area contributed by atoms with Crippen LogP contribution in [0.25, 0.3) is 0 Å². The molecular formula is C24H26F3N5O2. The normalized spacial score (nSPS) is 14.8. The van der Waals surface area contributed by atoms with Crippen molar-refractivity contribution in [3.8, 4) is 0 Å². The smallest absolute Gasteiger partial charge is 0.372 e. The van der Waals surface area contributed by atoms with Gasteiger partial charge >= 0.3 is 6.18 Å². The lowest BCUT2D eigenvalue weighted by Gasteiger charge is -2.34. The zero-order valence-corrected chi connectivity index (χ0v) is 18.7. The molecule has 7 nitrogen and oxygen atoms in total. The summed E-state index contributed by atoms with van der Waals surface area (Å²) in [6.45, 7) is 0.816. The number of amides is 1. The van der Waals surface area contributed by atoms with Gasteiger partial charge in [0.15, 0.2) is 0 Å². The molecule has 0 atom stereocenters. The molecule has 0 radical (unpaired) electrons. The van der Waals surface area contributed by atoms with E-state index >= 15 is 0 Å². The highest BCUT2D eigenvalue weighted by molar-refractivity contribution is 5.91. The third-order valence-electron chi connectivity index (χ3n) is 6.04. The zero-order chi connectivity index (χ0) is 24.3. The summed E-state index contributed by atoms with van der Waals surface area (Å²) in [5.41, 5.74) is 3.61. The summed E-state index contributed by atoms with van der Waals surface area (Å²) in [6.07, 6.45) is -0.985. The Labute approximate surface area is 195 Å². The molecule has 180 valence electrons. The average Bonchev–Trinajstić information content (AvgIpc) is 3.25. The van der Waals surface area contributed by atoms with Crippen LogP contribution >= 0.6 is 0 Å². The lowest BCUT2D eigenvalue weighted by Crippen LogP contribution is -2.38. The number of piperidine rings is 1. The van der Waals surface area contributed by atoms with Crippen molar-refractivity contribution in [2.24, 2.45) is 13.0 Å². The number of carbonyl (C=O) groups is 1. The van der Waals surface area contributed by atoms with Gasteiger partial charge in [0.2, 0.25) is 0 Å². The molecule has 10 heteroatoms. The number of nitrogens with zero attached hydrogens (tertiary/aromatic N) is 4. The SMILES string of the molecule is Cn1cncc1C(=O)N(O)Cc1ccc(Nc2ccc(N3CCC(C(F)(F)F)CC3)cc2)cc1. The second-order valence-corrected chi connectivity index (χ2v) is 8.42. The first-order valence-electron chi connectivity index (χ1n) is 11.0. The van der Waals surface area contributed by atoms with Crippen LogP contribution in [0.1, 0.15) is 28.9 Å². The topological polar surface area (TPSA) is 73.6 Å². The number of alkyl halides is 3. The molecule has 4 rings (SSSR count). The predicted octanol–water partition coefficient (Wildman–Crippen LogP) is 4.97. The number of benzene rings is 2. The van der Waals surface area contributed by atoms with Gasteiger partial charge < -0.3 is 14.8 Å². The van der Waals surface area contributed by atoms with Crippen molar-refractivity contribution >= 4 is 23.0 Å². The van der Waals surface area contributed by atoms with Crippen LogP contribution in [-0.4, -0.2) is 45.0 Å². The number of aryl methyl sites for hydroxylation is 1. The minimum atomic E-state index is -4.11. The number of imidazole rings is 1. The summed E-state index contributed by atoms with van der Waals surface area (Å²) in [5.74, 6) is -1.75. The molecule has 1 aliphatic heterocycles. The quantitative estimate of drug-likeness (QED) is 0.391.